The summed E-state index contributed by atoms with van der Waals surface area (Å²) in [4.78, 5) is 57.8. The van der Waals surface area contributed by atoms with Crippen molar-refractivity contribution in [1.82, 2.24) is 20.9 Å². The fourth-order valence-corrected chi connectivity index (χ4v) is 4.04. The number of nitrogens with zero attached hydrogens (tertiary/aromatic N) is 1. The molecule has 214 valence electrons. The SMILES string of the molecule is CC(C)CC(NC(=O)C(C)N)C(=O)NC(Cc1c[nH]c2ccccc12)C(=O)NC(CCCN=C(N)N)C(=O)O. The van der Waals surface area contributed by atoms with Gasteiger partial charge in [0.2, 0.25) is 17.7 Å². The molecule has 2 aromatic rings. The van der Waals surface area contributed by atoms with Gasteiger partial charge in [0, 0.05) is 30.1 Å². The molecule has 1 aromatic carbocycles. The van der Waals surface area contributed by atoms with E-state index >= 15 is 0 Å². The Balaban J connectivity index is 2.29. The number of carboxylic acids is 1. The van der Waals surface area contributed by atoms with Gasteiger partial charge in [-0.05, 0) is 43.7 Å². The molecule has 0 bridgehead atoms. The van der Waals surface area contributed by atoms with Crippen LogP contribution in [0.4, 0.5) is 0 Å². The molecule has 1 heterocycles. The van der Waals surface area contributed by atoms with Crippen molar-refractivity contribution in [2.45, 2.75) is 70.6 Å². The Morgan fingerprint density at radius 1 is 0.949 bits per heavy atom. The van der Waals surface area contributed by atoms with E-state index in [0.29, 0.717) is 12.8 Å². The number of aromatic amines is 1. The maximum absolute atomic E-state index is 13.4. The van der Waals surface area contributed by atoms with Crippen LogP contribution < -0.4 is 33.2 Å². The molecule has 13 nitrogen and oxygen atoms in total. The number of guanidine groups is 1. The molecular weight excluding hydrogens is 504 g/mol. The highest BCUT2D eigenvalue weighted by atomic mass is 16.4. The van der Waals surface area contributed by atoms with Crippen LogP contribution in [0.5, 0.6) is 0 Å². The number of aromatic nitrogens is 1. The summed E-state index contributed by atoms with van der Waals surface area (Å²) in [5.41, 5.74) is 17.9. The molecule has 1 aromatic heterocycles. The molecular formula is C26H40N8O5. The molecule has 0 aliphatic heterocycles. The van der Waals surface area contributed by atoms with Crippen molar-refractivity contribution in [2.24, 2.45) is 28.1 Å². The number of carbonyl (C=O) groups excluding carboxylic acids is 3. The number of fused-ring (bicyclic) bond motifs is 1. The van der Waals surface area contributed by atoms with Gasteiger partial charge < -0.3 is 43.2 Å². The first-order chi connectivity index (χ1) is 18.4. The number of para-hydroxylation sites is 1. The zero-order valence-electron chi connectivity index (χ0n) is 22.6. The number of nitrogens with one attached hydrogen (secondary N) is 4. The van der Waals surface area contributed by atoms with E-state index in [2.05, 4.69) is 25.9 Å². The van der Waals surface area contributed by atoms with Gasteiger partial charge in [-0.2, -0.15) is 0 Å². The average molecular weight is 545 g/mol. The molecule has 0 spiro atoms. The number of rotatable bonds is 15. The number of nitrogens with two attached hydrogens (primary N) is 3. The molecule has 13 heteroatoms. The van der Waals surface area contributed by atoms with Crippen LogP contribution in [0.1, 0.15) is 45.6 Å². The molecule has 0 saturated heterocycles. The smallest absolute Gasteiger partial charge is 0.326 e. The highest BCUT2D eigenvalue weighted by Gasteiger charge is 2.31. The van der Waals surface area contributed by atoms with Crippen molar-refractivity contribution in [1.29, 1.82) is 0 Å². The van der Waals surface area contributed by atoms with Crippen LogP contribution in [-0.4, -0.2) is 70.5 Å². The van der Waals surface area contributed by atoms with Crippen LogP contribution in [0.25, 0.3) is 10.9 Å². The van der Waals surface area contributed by atoms with Gasteiger partial charge in [0.25, 0.3) is 0 Å². The van der Waals surface area contributed by atoms with Crippen LogP contribution in [-0.2, 0) is 25.6 Å². The number of aliphatic imine (C=N–C) groups is 1. The number of carboxylic acid groups (broad SMARTS) is 1. The lowest BCUT2D eigenvalue weighted by Crippen LogP contribution is -2.57. The monoisotopic (exact) mass is 544 g/mol. The molecule has 11 N–H and O–H groups in total. The lowest BCUT2D eigenvalue weighted by molar-refractivity contribution is -0.142. The van der Waals surface area contributed by atoms with E-state index in [0.717, 1.165) is 16.5 Å². The highest BCUT2D eigenvalue weighted by molar-refractivity contribution is 5.94. The zero-order valence-corrected chi connectivity index (χ0v) is 22.6. The molecule has 39 heavy (non-hydrogen) atoms. The number of benzene rings is 1. The van der Waals surface area contributed by atoms with E-state index in [-0.39, 0.29) is 31.3 Å². The third kappa shape index (κ3) is 9.93. The average Bonchev–Trinajstić information content (AvgIpc) is 3.26. The molecule has 0 aliphatic rings. The van der Waals surface area contributed by atoms with E-state index in [1.54, 1.807) is 6.20 Å². The summed E-state index contributed by atoms with van der Waals surface area (Å²) in [6, 6.07) is 3.37. The molecule has 4 unspecified atom stereocenters. The van der Waals surface area contributed by atoms with Crippen LogP contribution >= 0.6 is 0 Å². The molecule has 0 radical (unpaired) electrons. The van der Waals surface area contributed by atoms with Crippen molar-refractivity contribution in [2.75, 3.05) is 6.54 Å². The van der Waals surface area contributed by atoms with Crippen LogP contribution in [0.3, 0.4) is 0 Å². The topological polar surface area (TPSA) is 231 Å². The van der Waals surface area contributed by atoms with Gasteiger partial charge in [0.05, 0.1) is 6.04 Å². The Morgan fingerprint density at radius 3 is 2.18 bits per heavy atom. The predicted molar refractivity (Wildman–Crippen MR) is 148 cm³/mol. The largest absolute Gasteiger partial charge is 0.480 e. The van der Waals surface area contributed by atoms with Crippen LogP contribution in [0, 0.1) is 5.92 Å². The summed E-state index contributed by atoms with van der Waals surface area (Å²) >= 11 is 0. The first kappa shape index (κ1) is 31.1. The Morgan fingerprint density at radius 2 is 1.56 bits per heavy atom. The fourth-order valence-electron chi connectivity index (χ4n) is 4.04. The van der Waals surface area contributed by atoms with Crippen molar-refractivity contribution in [3.05, 3.63) is 36.0 Å². The Bertz CT molecular complexity index is 1170. The van der Waals surface area contributed by atoms with E-state index in [1.807, 2.05) is 38.1 Å². The van der Waals surface area contributed by atoms with Crippen molar-refractivity contribution in [3.8, 4) is 0 Å². The van der Waals surface area contributed by atoms with E-state index in [1.165, 1.54) is 6.92 Å². The Kier molecular flexibility index (Phi) is 11.7. The standard InChI is InChI=1S/C26H40N8O5/c1-14(2)11-20(33-22(35)15(3)27)23(36)34-21(12-16-13-31-18-8-5-4-7-17(16)18)24(37)32-19(25(38)39)9-6-10-30-26(28)29/h4-5,7-8,13-15,19-21,31H,6,9-12,27H2,1-3H3,(H,32,37)(H,33,35)(H,34,36)(H,38,39)(H4,28,29,30). The minimum atomic E-state index is -1.23. The number of amides is 3. The van der Waals surface area contributed by atoms with Gasteiger partial charge in [-0.1, -0.05) is 32.0 Å². The number of hydrogen-bond acceptors (Lipinski definition) is 6. The van der Waals surface area contributed by atoms with Gasteiger partial charge in [-0.15, -0.1) is 0 Å². The summed E-state index contributed by atoms with van der Waals surface area (Å²) in [5.74, 6) is -3.04. The quantitative estimate of drug-likeness (QED) is 0.0840. The second kappa shape index (κ2) is 14.7. The van der Waals surface area contributed by atoms with Gasteiger partial charge >= 0.3 is 5.97 Å². The van der Waals surface area contributed by atoms with E-state index < -0.39 is 47.9 Å². The maximum atomic E-state index is 13.4. The Labute approximate surface area is 227 Å². The van der Waals surface area contributed by atoms with Gasteiger partial charge in [-0.3, -0.25) is 19.4 Å². The highest BCUT2D eigenvalue weighted by Crippen LogP contribution is 2.19. The predicted octanol–water partition coefficient (Wildman–Crippen LogP) is -0.304. The Hall–Kier alpha value is -4.13. The van der Waals surface area contributed by atoms with Gasteiger partial charge in [0.1, 0.15) is 18.1 Å². The molecule has 2 rings (SSSR count). The summed E-state index contributed by atoms with van der Waals surface area (Å²) in [6.07, 6.45) is 2.52. The van der Waals surface area contributed by atoms with Crippen LogP contribution in [0.15, 0.2) is 35.5 Å². The zero-order chi connectivity index (χ0) is 29.1. The third-order valence-corrected chi connectivity index (χ3v) is 6.05. The maximum Gasteiger partial charge on any atom is 0.326 e. The van der Waals surface area contributed by atoms with Crippen LogP contribution in [0.2, 0.25) is 0 Å². The summed E-state index contributed by atoms with van der Waals surface area (Å²) in [5, 5.41) is 18.4. The summed E-state index contributed by atoms with van der Waals surface area (Å²) < 4.78 is 0. The minimum absolute atomic E-state index is 0.0524. The lowest BCUT2D eigenvalue weighted by Gasteiger charge is -2.25. The number of H-pyrrole nitrogens is 1. The summed E-state index contributed by atoms with van der Waals surface area (Å²) in [7, 11) is 0. The first-order valence-electron chi connectivity index (χ1n) is 12.9. The summed E-state index contributed by atoms with van der Waals surface area (Å²) in [6.45, 7) is 5.50. The number of hydrogen-bond donors (Lipinski definition) is 8. The molecule has 0 saturated carbocycles. The fraction of sp³-hybridized carbons (Fsp3) is 0.500. The van der Waals surface area contributed by atoms with E-state index in [4.69, 9.17) is 17.2 Å². The normalized spacial score (nSPS) is 14.2. The third-order valence-electron chi connectivity index (χ3n) is 6.05. The lowest BCUT2D eigenvalue weighted by atomic mass is 10.00. The van der Waals surface area contributed by atoms with E-state index in [9.17, 15) is 24.3 Å². The van der Waals surface area contributed by atoms with Gasteiger partial charge in [-0.25, -0.2) is 4.79 Å². The number of carbonyl (C=O) groups is 4. The number of aliphatic carboxylic acids is 1. The minimum Gasteiger partial charge on any atom is -0.480 e. The molecule has 0 aliphatic carbocycles. The first-order valence-corrected chi connectivity index (χ1v) is 12.9. The van der Waals surface area contributed by atoms with Crippen molar-refractivity contribution < 1.29 is 24.3 Å². The second-order valence-electron chi connectivity index (χ2n) is 9.95. The molecule has 4 atom stereocenters. The van der Waals surface area contributed by atoms with Crippen molar-refractivity contribution >= 4 is 40.6 Å². The second-order valence-corrected chi connectivity index (χ2v) is 9.95. The molecule has 0 fully saturated rings. The van der Waals surface area contributed by atoms with Crippen molar-refractivity contribution in [3.63, 3.8) is 0 Å². The molecule has 3 amide bonds. The van der Waals surface area contributed by atoms with Gasteiger partial charge in [0.15, 0.2) is 5.96 Å².